The second kappa shape index (κ2) is 8.29. The van der Waals surface area contributed by atoms with Gasteiger partial charge < -0.3 is 4.74 Å². The van der Waals surface area contributed by atoms with Crippen LogP contribution < -0.4 is 13.8 Å². The number of nitrogens with zero attached hydrogens (tertiary/aromatic N) is 3. The Bertz CT molecular complexity index is 1160. The molecule has 8 nitrogen and oxygen atoms in total. The number of nitrogens with one attached hydrogen (secondary N) is 1. The Labute approximate surface area is 175 Å². The molecule has 1 aromatic heterocycles. The largest absolute Gasteiger partial charge is 0.487 e. The quantitative estimate of drug-likeness (QED) is 0.627. The number of carbonyl (C=O) groups is 1. The molecule has 2 aromatic carbocycles. The zero-order valence-corrected chi connectivity index (χ0v) is 17.3. The Kier molecular flexibility index (Phi) is 5.56. The molecule has 156 valence electrons. The molecule has 1 fully saturated rings. The third kappa shape index (κ3) is 4.07. The minimum absolute atomic E-state index is 0.186. The first kappa shape index (κ1) is 20.1. The Balaban J connectivity index is 1.72. The van der Waals surface area contributed by atoms with E-state index in [-0.39, 0.29) is 18.8 Å². The average molecular weight is 426 g/mol. The predicted molar refractivity (Wildman–Crippen MR) is 113 cm³/mol. The van der Waals surface area contributed by atoms with Crippen molar-refractivity contribution in [3.63, 3.8) is 0 Å². The molecule has 1 saturated heterocycles. The summed E-state index contributed by atoms with van der Waals surface area (Å²) in [7, 11) is -3.94. The van der Waals surface area contributed by atoms with Crippen molar-refractivity contribution in [1.29, 1.82) is 0 Å². The summed E-state index contributed by atoms with van der Waals surface area (Å²) in [5.41, 5.74) is 2.82. The second-order valence-corrected chi connectivity index (χ2v) is 8.54. The highest BCUT2D eigenvalue weighted by Gasteiger charge is 2.37. The number of anilines is 1. The van der Waals surface area contributed by atoms with E-state index in [1.165, 1.54) is 0 Å². The van der Waals surface area contributed by atoms with Crippen LogP contribution in [0.4, 0.5) is 5.69 Å². The van der Waals surface area contributed by atoms with E-state index in [1.807, 2.05) is 41.2 Å². The summed E-state index contributed by atoms with van der Waals surface area (Å²) >= 11 is 0. The van der Waals surface area contributed by atoms with E-state index in [9.17, 15) is 13.2 Å². The molecule has 0 aliphatic carbocycles. The lowest BCUT2D eigenvalue weighted by atomic mass is 10.1. The molecule has 9 heteroatoms. The summed E-state index contributed by atoms with van der Waals surface area (Å²) in [5.74, 6) is -0.247. The first-order valence-electron chi connectivity index (χ1n) is 9.64. The molecule has 1 amide bonds. The van der Waals surface area contributed by atoms with Crippen LogP contribution in [0.2, 0.25) is 0 Å². The Hall–Kier alpha value is -3.17. The number of ether oxygens (including phenoxy) is 1. The van der Waals surface area contributed by atoms with Crippen LogP contribution in [-0.2, 0) is 28.2 Å². The van der Waals surface area contributed by atoms with E-state index in [1.54, 1.807) is 24.4 Å². The molecule has 0 radical (unpaired) electrons. The van der Waals surface area contributed by atoms with Crippen molar-refractivity contribution in [3.8, 4) is 16.9 Å². The van der Waals surface area contributed by atoms with Gasteiger partial charge in [0.1, 0.15) is 18.0 Å². The number of carbonyl (C=O) groups excluding carboxylic acids is 1. The number of hydrogen-bond donors (Lipinski definition) is 1. The maximum absolute atomic E-state index is 12.4. The molecule has 0 bridgehead atoms. The lowest BCUT2D eigenvalue weighted by Gasteiger charge is -2.19. The highest BCUT2D eigenvalue weighted by atomic mass is 32.2. The van der Waals surface area contributed by atoms with Gasteiger partial charge in [0, 0.05) is 18.3 Å². The van der Waals surface area contributed by atoms with Gasteiger partial charge in [-0.05, 0) is 29.7 Å². The smallest absolute Gasteiger partial charge is 0.308 e. The summed E-state index contributed by atoms with van der Waals surface area (Å²) in [4.78, 5) is 12.3. The number of rotatable bonds is 7. The zero-order valence-electron chi connectivity index (χ0n) is 16.5. The fourth-order valence-electron chi connectivity index (χ4n) is 3.26. The van der Waals surface area contributed by atoms with E-state index < -0.39 is 16.1 Å². The van der Waals surface area contributed by atoms with Gasteiger partial charge >= 0.3 is 10.2 Å². The molecule has 0 saturated carbocycles. The molecular weight excluding hydrogens is 404 g/mol. The normalized spacial score (nSPS) is 15.5. The second-order valence-electron chi connectivity index (χ2n) is 6.93. The summed E-state index contributed by atoms with van der Waals surface area (Å²) in [6.07, 6.45) is 4.65. The Morgan fingerprint density at radius 3 is 2.63 bits per heavy atom. The maximum atomic E-state index is 12.4. The van der Waals surface area contributed by atoms with Crippen LogP contribution in [0.5, 0.6) is 5.75 Å². The van der Waals surface area contributed by atoms with Gasteiger partial charge in [0.25, 0.3) is 5.91 Å². The van der Waals surface area contributed by atoms with Gasteiger partial charge in [-0.1, -0.05) is 43.3 Å². The minimum Gasteiger partial charge on any atom is -0.487 e. The molecule has 0 unspecified atom stereocenters. The number of aryl methyl sites for hydroxylation is 1. The molecule has 1 N–H and O–H groups in total. The summed E-state index contributed by atoms with van der Waals surface area (Å²) in [6.45, 7) is 2.85. The molecule has 0 spiro atoms. The lowest BCUT2D eigenvalue weighted by Crippen LogP contribution is -2.32. The molecule has 1 aliphatic rings. The molecule has 4 rings (SSSR count). The predicted octanol–water partition coefficient (Wildman–Crippen LogP) is 2.72. The van der Waals surface area contributed by atoms with Crippen LogP contribution in [0.1, 0.15) is 18.9 Å². The van der Waals surface area contributed by atoms with Crippen molar-refractivity contribution in [3.05, 3.63) is 66.5 Å². The highest BCUT2D eigenvalue weighted by Crippen LogP contribution is 2.36. The van der Waals surface area contributed by atoms with Crippen molar-refractivity contribution >= 4 is 21.8 Å². The summed E-state index contributed by atoms with van der Waals surface area (Å²) in [5, 5.41) is 4.35. The van der Waals surface area contributed by atoms with Crippen molar-refractivity contribution in [2.75, 3.05) is 10.8 Å². The molecule has 2 heterocycles. The van der Waals surface area contributed by atoms with Crippen LogP contribution in [0, 0.1) is 0 Å². The van der Waals surface area contributed by atoms with E-state index in [4.69, 9.17) is 4.74 Å². The Morgan fingerprint density at radius 2 is 1.93 bits per heavy atom. The first-order chi connectivity index (χ1) is 14.5. The van der Waals surface area contributed by atoms with Crippen molar-refractivity contribution in [2.45, 2.75) is 26.5 Å². The standard InChI is InChI=1S/C21H22N4O4S/c1-2-10-24-14-18(12-22-24)17-8-9-19(25-21(26)13-23-30(25,27)28)20(11-17)29-15-16-6-4-3-5-7-16/h3-9,11-12,14,23H,2,10,13,15H2,1H3. The van der Waals surface area contributed by atoms with Crippen molar-refractivity contribution in [1.82, 2.24) is 14.5 Å². The van der Waals surface area contributed by atoms with E-state index in [0.717, 1.165) is 34.0 Å². The monoisotopic (exact) mass is 426 g/mol. The minimum atomic E-state index is -3.94. The summed E-state index contributed by atoms with van der Waals surface area (Å²) in [6, 6.07) is 14.6. The fourth-order valence-corrected chi connectivity index (χ4v) is 4.44. The van der Waals surface area contributed by atoms with Gasteiger partial charge in [-0.25, -0.2) is 0 Å². The van der Waals surface area contributed by atoms with Crippen LogP contribution >= 0.6 is 0 Å². The molecule has 1 aliphatic heterocycles. The van der Waals surface area contributed by atoms with Crippen LogP contribution in [-0.4, -0.2) is 30.7 Å². The Morgan fingerprint density at radius 1 is 1.13 bits per heavy atom. The number of benzene rings is 2. The third-order valence-corrected chi connectivity index (χ3v) is 6.10. The van der Waals surface area contributed by atoms with E-state index >= 15 is 0 Å². The van der Waals surface area contributed by atoms with Gasteiger partial charge in [0.05, 0.1) is 12.7 Å². The molecule has 30 heavy (non-hydrogen) atoms. The van der Waals surface area contributed by atoms with Gasteiger partial charge in [0.15, 0.2) is 0 Å². The van der Waals surface area contributed by atoms with Crippen molar-refractivity contribution in [2.24, 2.45) is 0 Å². The van der Waals surface area contributed by atoms with E-state index in [2.05, 4.69) is 16.7 Å². The molecule has 3 aromatic rings. The van der Waals surface area contributed by atoms with Gasteiger partial charge in [0.2, 0.25) is 0 Å². The average Bonchev–Trinajstić information content (AvgIpc) is 3.31. The third-order valence-electron chi connectivity index (χ3n) is 4.71. The number of amides is 1. The lowest BCUT2D eigenvalue weighted by molar-refractivity contribution is -0.115. The highest BCUT2D eigenvalue weighted by molar-refractivity contribution is 7.92. The van der Waals surface area contributed by atoms with E-state index in [0.29, 0.717) is 5.75 Å². The van der Waals surface area contributed by atoms with Gasteiger partial charge in [-0.15, -0.1) is 0 Å². The molecule has 0 atom stereocenters. The van der Waals surface area contributed by atoms with Crippen LogP contribution in [0.3, 0.4) is 0 Å². The van der Waals surface area contributed by atoms with Crippen LogP contribution in [0.15, 0.2) is 60.9 Å². The van der Waals surface area contributed by atoms with Crippen molar-refractivity contribution < 1.29 is 17.9 Å². The van der Waals surface area contributed by atoms with Gasteiger partial charge in [-0.2, -0.15) is 22.5 Å². The SMILES string of the molecule is CCCn1cc(-c2ccc(N3C(=O)CNS3(=O)=O)c(OCc3ccccc3)c2)cn1. The molecular formula is C21H22N4O4S. The number of hydrogen-bond acceptors (Lipinski definition) is 5. The first-order valence-corrected chi connectivity index (χ1v) is 11.1. The number of aromatic nitrogens is 2. The van der Waals surface area contributed by atoms with Gasteiger partial charge in [-0.3, -0.25) is 9.48 Å². The topological polar surface area (TPSA) is 93.5 Å². The van der Waals surface area contributed by atoms with Crippen LogP contribution in [0.25, 0.3) is 11.1 Å². The summed E-state index contributed by atoms with van der Waals surface area (Å²) < 4.78 is 35.5. The zero-order chi connectivity index (χ0) is 21.1. The maximum Gasteiger partial charge on any atom is 0.308 e. The fraction of sp³-hybridized carbons (Fsp3) is 0.238.